The number of hydrogen-bond donors (Lipinski definition) is 7. The Morgan fingerprint density at radius 1 is 1.29 bits per heavy atom. The molecule has 0 saturated carbocycles. The molecule has 9 N–H and O–H groups in total. The Morgan fingerprint density at radius 2 is 1.90 bits per heavy atom. The first-order valence-corrected chi connectivity index (χ1v) is 11.7. The van der Waals surface area contributed by atoms with E-state index in [0.717, 1.165) is 0 Å². The summed E-state index contributed by atoms with van der Waals surface area (Å²) in [6.07, 6.45) is -6.47. The molecular formula is C11H21N6O11P3. The first-order chi connectivity index (χ1) is 14.4. The summed E-state index contributed by atoms with van der Waals surface area (Å²) >= 11 is 0. The van der Waals surface area contributed by atoms with Crippen LogP contribution in [0.15, 0.2) is 11.4 Å². The number of ether oxygens (including phenoxy) is 1. The van der Waals surface area contributed by atoms with Crippen LogP contribution in [0.5, 0.6) is 0 Å². The van der Waals surface area contributed by atoms with Crippen molar-refractivity contribution >= 4 is 36.4 Å². The molecule has 0 bridgehead atoms. The fourth-order valence-corrected chi connectivity index (χ4v) is 4.42. The van der Waals surface area contributed by atoms with E-state index in [4.69, 9.17) is 31.9 Å². The molecular weight excluding hydrogens is 485 g/mol. The standard InChI is InChI=1S/C11H21N6O11P3/c1-16-7(6(14)4(13)2-12)10(20)17(15)11-9(19)8(18)5(26-11)3-25-30(23)28-31(24)27-29(21)22/h5,8-9,11,13,16,18-19,29-31H,3,14-15H2,1H3,(H,21,22)/b7-6+,13-4?. The number of nitriles is 1. The van der Waals surface area contributed by atoms with Gasteiger partial charge in [0.2, 0.25) is 0 Å². The first-order valence-electron chi connectivity index (χ1n) is 8.00. The Hall–Kier alpha value is -1.66. The number of carbonyl (C=O) groups is 1. The minimum atomic E-state index is -3.59. The van der Waals surface area contributed by atoms with Crippen LogP contribution in [-0.2, 0) is 36.4 Å². The molecule has 0 aromatic rings. The summed E-state index contributed by atoms with van der Waals surface area (Å²) in [5.41, 5.74) is 3.83. The van der Waals surface area contributed by atoms with Gasteiger partial charge in [-0.25, -0.2) is 19.5 Å². The number of likely N-dealkylation sites (N-methyl/N-ethyl adjacent to an activating group) is 1. The molecule has 1 aliphatic heterocycles. The average Bonchev–Trinajstić information content (AvgIpc) is 2.99. The summed E-state index contributed by atoms with van der Waals surface area (Å²) in [7, 11) is -9.40. The average molecular weight is 506 g/mol. The van der Waals surface area contributed by atoms with Gasteiger partial charge in [0.05, 0.1) is 12.3 Å². The van der Waals surface area contributed by atoms with Gasteiger partial charge in [0.1, 0.15) is 30.1 Å². The maximum atomic E-state index is 12.5. The molecule has 0 radical (unpaired) electrons. The summed E-state index contributed by atoms with van der Waals surface area (Å²) < 4.78 is 51.1. The summed E-state index contributed by atoms with van der Waals surface area (Å²) in [6.45, 7) is -0.687. The van der Waals surface area contributed by atoms with Crippen LogP contribution in [0.4, 0.5) is 0 Å². The molecule has 20 heteroatoms. The van der Waals surface area contributed by atoms with E-state index in [0.29, 0.717) is 5.01 Å². The maximum absolute atomic E-state index is 12.5. The minimum absolute atomic E-state index is 0.350. The summed E-state index contributed by atoms with van der Waals surface area (Å²) in [4.78, 5) is 20.9. The topological polar surface area (TPSA) is 281 Å². The fourth-order valence-electron chi connectivity index (χ4n) is 2.22. The molecule has 1 aliphatic rings. The number of aliphatic hydroxyl groups excluding tert-OH is 2. The monoisotopic (exact) mass is 506 g/mol. The Balaban J connectivity index is 2.80. The highest BCUT2D eigenvalue weighted by atomic mass is 31.2. The smallest absolute Gasteiger partial charge is 0.333 e. The highest BCUT2D eigenvalue weighted by Crippen LogP contribution is 2.45. The molecule has 7 unspecified atom stereocenters. The molecule has 1 rings (SSSR count). The van der Waals surface area contributed by atoms with Crippen LogP contribution in [0.2, 0.25) is 0 Å². The van der Waals surface area contributed by atoms with Crippen LogP contribution in [0.3, 0.4) is 0 Å². The SMILES string of the molecule is CN/C(C(=O)N(N)C1OC(CO[PH](=O)O[PH](=O)O[PH](=O)O)C(O)C1O)=C(/N)C(=N)C#N. The molecule has 1 amide bonds. The molecule has 0 aromatic carbocycles. The van der Waals surface area contributed by atoms with Crippen LogP contribution >= 0.6 is 24.8 Å². The van der Waals surface area contributed by atoms with Gasteiger partial charge in [-0.1, -0.05) is 0 Å². The molecule has 7 atom stereocenters. The number of hydrazine groups is 1. The first kappa shape index (κ1) is 27.4. The highest BCUT2D eigenvalue weighted by molar-refractivity contribution is 7.53. The van der Waals surface area contributed by atoms with Gasteiger partial charge in [-0.2, -0.15) is 5.26 Å². The Kier molecular flexibility index (Phi) is 10.9. The molecule has 0 aromatic heterocycles. The van der Waals surface area contributed by atoms with Crippen molar-refractivity contribution in [2.75, 3.05) is 13.7 Å². The zero-order valence-electron chi connectivity index (χ0n) is 15.7. The lowest BCUT2D eigenvalue weighted by atomic mass is 10.1. The summed E-state index contributed by atoms with van der Waals surface area (Å²) in [5, 5.41) is 39.0. The van der Waals surface area contributed by atoms with E-state index in [9.17, 15) is 28.7 Å². The number of nitrogens with one attached hydrogen (secondary N) is 2. The molecule has 31 heavy (non-hydrogen) atoms. The van der Waals surface area contributed by atoms with Crippen molar-refractivity contribution in [3.8, 4) is 6.07 Å². The molecule has 0 aliphatic carbocycles. The zero-order valence-corrected chi connectivity index (χ0v) is 18.7. The Bertz CT molecular complexity index is 848. The van der Waals surface area contributed by atoms with Crippen molar-refractivity contribution in [2.24, 2.45) is 11.6 Å². The van der Waals surface area contributed by atoms with Gasteiger partial charge in [-0.05, 0) is 0 Å². The third kappa shape index (κ3) is 7.46. The fraction of sp³-hybridized carbons (Fsp3) is 0.545. The molecule has 1 fully saturated rings. The quantitative estimate of drug-likeness (QED) is 0.0374. The van der Waals surface area contributed by atoms with Crippen molar-refractivity contribution in [3.05, 3.63) is 11.4 Å². The van der Waals surface area contributed by atoms with Gasteiger partial charge in [0, 0.05) is 7.05 Å². The zero-order chi connectivity index (χ0) is 23.9. The van der Waals surface area contributed by atoms with E-state index < -0.39 is 78.9 Å². The van der Waals surface area contributed by atoms with Crippen LogP contribution in [0, 0.1) is 16.7 Å². The predicted octanol–water partition coefficient (Wildman–Crippen LogP) is -2.72. The van der Waals surface area contributed by atoms with Crippen molar-refractivity contribution in [1.82, 2.24) is 10.3 Å². The summed E-state index contributed by atoms with van der Waals surface area (Å²) in [6, 6.07) is 1.43. The van der Waals surface area contributed by atoms with E-state index in [-0.39, 0.29) is 0 Å². The maximum Gasteiger partial charge on any atom is 0.333 e. The molecule has 17 nitrogen and oxygen atoms in total. The van der Waals surface area contributed by atoms with Gasteiger partial charge in [-0.3, -0.25) is 23.9 Å². The lowest BCUT2D eigenvalue weighted by Crippen LogP contribution is -2.53. The van der Waals surface area contributed by atoms with E-state index in [2.05, 4.69) is 18.5 Å². The van der Waals surface area contributed by atoms with Crippen LogP contribution < -0.4 is 16.9 Å². The number of nitrogens with two attached hydrogens (primary N) is 2. The van der Waals surface area contributed by atoms with Gasteiger partial charge < -0.3 is 35.4 Å². The lowest BCUT2D eigenvalue weighted by Gasteiger charge is -2.27. The molecule has 1 saturated heterocycles. The largest absolute Gasteiger partial charge is 0.395 e. The Morgan fingerprint density at radius 3 is 2.42 bits per heavy atom. The second kappa shape index (κ2) is 12.4. The van der Waals surface area contributed by atoms with Crippen LogP contribution in [0.25, 0.3) is 0 Å². The van der Waals surface area contributed by atoms with Gasteiger partial charge in [0.25, 0.3) is 5.91 Å². The molecule has 1 heterocycles. The lowest BCUT2D eigenvalue weighted by molar-refractivity contribution is -0.149. The summed E-state index contributed by atoms with van der Waals surface area (Å²) in [5.74, 6) is 4.55. The molecule has 176 valence electrons. The second-order valence-electron chi connectivity index (χ2n) is 5.57. The number of allylic oxidation sites excluding steroid dienone is 1. The predicted molar refractivity (Wildman–Crippen MR) is 103 cm³/mol. The van der Waals surface area contributed by atoms with E-state index in [1.807, 2.05) is 0 Å². The minimum Gasteiger partial charge on any atom is -0.395 e. The number of rotatable bonds is 11. The number of hydrogen-bond acceptors (Lipinski definition) is 15. The van der Waals surface area contributed by atoms with Crippen molar-refractivity contribution < 1.29 is 51.5 Å². The third-order valence-corrected chi connectivity index (χ3v) is 6.76. The molecule has 0 spiro atoms. The van der Waals surface area contributed by atoms with Crippen molar-refractivity contribution in [1.29, 1.82) is 10.7 Å². The number of amides is 1. The highest BCUT2D eigenvalue weighted by Gasteiger charge is 2.47. The van der Waals surface area contributed by atoms with E-state index >= 15 is 0 Å². The van der Waals surface area contributed by atoms with E-state index in [1.54, 1.807) is 0 Å². The number of nitrogens with zero attached hydrogens (tertiary/aromatic N) is 2. The van der Waals surface area contributed by atoms with E-state index in [1.165, 1.54) is 13.1 Å². The van der Waals surface area contributed by atoms with Crippen LogP contribution in [-0.4, -0.2) is 69.9 Å². The van der Waals surface area contributed by atoms with Crippen molar-refractivity contribution in [2.45, 2.75) is 24.5 Å². The number of aliphatic hydroxyl groups is 2. The Labute approximate surface area is 176 Å². The second-order valence-corrected chi connectivity index (χ2v) is 9.02. The normalized spacial score (nSPS) is 26.8. The van der Waals surface area contributed by atoms with Gasteiger partial charge in [0.15, 0.2) is 11.9 Å². The number of carbonyl (C=O) groups excluding carboxylic acids is 1. The van der Waals surface area contributed by atoms with Gasteiger partial charge in [-0.15, -0.1) is 0 Å². The third-order valence-electron chi connectivity index (χ3n) is 3.66. The van der Waals surface area contributed by atoms with Crippen molar-refractivity contribution in [3.63, 3.8) is 0 Å². The van der Waals surface area contributed by atoms with Crippen LogP contribution in [0.1, 0.15) is 0 Å². The van der Waals surface area contributed by atoms with Gasteiger partial charge >= 0.3 is 24.8 Å².